The lowest BCUT2D eigenvalue weighted by molar-refractivity contribution is -0.139. The van der Waals surface area contributed by atoms with Crippen molar-refractivity contribution in [3.8, 4) is 5.75 Å². The summed E-state index contributed by atoms with van der Waals surface area (Å²) in [5, 5.41) is 12.3. The highest BCUT2D eigenvalue weighted by atomic mass is 19.1. The van der Waals surface area contributed by atoms with E-state index >= 15 is 0 Å². The Labute approximate surface area is 214 Å². The lowest BCUT2D eigenvalue weighted by Crippen LogP contribution is -2.31. The van der Waals surface area contributed by atoms with Crippen molar-refractivity contribution >= 4 is 28.4 Å². The number of H-pyrrole nitrogens is 1. The summed E-state index contributed by atoms with van der Waals surface area (Å²) in [5.74, 6) is -1.30. The van der Waals surface area contributed by atoms with Crippen LogP contribution in [0.5, 0.6) is 5.75 Å². The molecule has 1 aliphatic rings. The van der Waals surface area contributed by atoms with Crippen LogP contribution in [0.25, 0.3) is 16.7 Å². The molecule has 1 atom stereocenters. The second kappa shape index (κ2) is 9.93. The van der Waals surface area contributed by atoms with Crippen LogP contribution in [0.4, 0.5) is 4.39 Å². The van der Waals surface area contributed by atoms with Crippen LogP contribution in [-0.4, -0.2) is 39.8 Å². The number of nitrogens with one attached hydrogen (secondary N) is 1. The van der Waals surface area contributed by atoms with Gasteiger partial charge >= 0.3 is 0 Å². The van der Waals surface area contributed by atoms with Crippen LogP contribution in [-0.2, 0) is 16.0 Å². The predicted molar refractivity (Wildman–Crippen MR) is 140 cm³/mol. The number of aliphatic hydroxyl groups excluding tert-OH is 1. The molecule has 5 rings (SSSR count). The molecule has 6 nitrogen and oxygen atoms in total. The van der Waals surface area contributed by atoms with E-state index in [4.69, 9.17) is 4.74 Å². The Balaban J connectivity index is 1.61. The smallest absolute Gasteiger partial charge is 0.295 e. The van der Waals surface area contributed by atoms with E-state index in [0.29, 0.717) is 24.3 Å². The molecule has 0 saturated carbocycles. The number of likely N-dealkylation sites (tertiary alicyclic amines) is 1. The van der Waals surface area contributed by atoms with E-state index in [1.165, 1.54) is 17.0 Å². The Kier molecular flexibility index (Phi) is 6.53. The summed E-state index contributed by atoms with van der Waals surface area (Å²) < 4.78 is 19.0. The molecule has 1 fully saturated rings. The number of fused-ring (bicyclic) bond motifs is 1. The second-order valence-corrected chi connectivity index (χ2v) is 9.07. The zero-order valence-corrected chi connectivity index (χ0v) is 20.6. The van der Waals surface area contributed by atoms with Gasteiger partial charge in [-0.1, -0.05) is 30.3 Å². The maximum Gasteiger partial charge on any atom is 0.295 e. The molecule has 188 valence electrons. The van der Waals surface area contributed by atoms with Crippen molar-refractivity contribution in [3.63, 3.8) is 0 Å². The first-order valence-electron chi connectivity index (χ1n) is 12.2. The van der Waals surface area contributed by atoms with Gasteiger partial charge in [0, 0.05) is 34.8 Å². The highest BCUT2D eigenvalue weighted by Crippen LogP contribution is 2.42. The van der Waals surface area contributed by atoms with Gasteiger partial charge in [0.2, 0.25) is 0 Å². The molecule has 1 aliphatic heterocycles. The van der Waals surface area contributed by atoms with Crippen LogP contribution < -0.4 is 4.74 Å². The van der Waals surface area contributed by atoms with Crippen molar-refractivity contribution in [3.05, 3.63) is 107 Å². The van der Waals surface area contributed by atoms with E-state index in [1.807, 2.05) is 38.1 Å². The number of hydrogen-bond donors (Lipinski definition) is 2. The van der Waals surface area contributed by atoms with Crippen molar-refractivity contribution in [1.29, 1.82) is 0 Å². The molecule has 1 aromatic heterocycles. The van der Waals surface area contributed by atoms with Crippen molar-refractivity contribution in [2.24, 2.45) is 0 Å². The first-order chi connectivity index (χ1) is 17.9. The standard InChI is InChI=1S/C30H27FN2O4/c1-3-37-25-13-10-20(16-18(25)2)28(34)26-27(23-17-32-24-7-5-4-6-22(23)24)33(30(36)29(26)35)15-14-19-8-11-21(31)12-9-19/h4-13,16-17,27,32,34H,3,14-15H2,1-2H3/b28-26+. The Morgan fingerprint density at radius 3 is 2.57 bits per heavy atom. The number of ether oxygens (including phenoxy) is 1. The molecule has 1 saturated heterocycles. The summed E-state index contributed by atoms with van der Waals surface area (Å²) in [7, 11) is 0. The SMILES string of the molecule is CCOc1ccc(/C(O)=C2\C(=O)C(=O)N(CCc3ccc(F)cc3)C2c2c[nH]c3ccccc23)cc1C. The zero-order valence-electron chi connectivity index (χ0n) is 20.6. The van der Waals surface area contributed by atoms with Crippen LogP contribution in [0.15, 0.2) is 78.5 Å². The van der Waals surface area contributed by atoms with Gasteiger partial charge in [-0.2, -0.15) is 0 Å². The van der Waals surface area contributed by atoms with Gasteiger partial charge in [-0.15, -0.1) is 0 Å². The quantitative estimate of drug-likeness (QED) is 0.195. The molecule has 1 unspecified atom stereocenters. The third-order valence-corrected chi connectivity index (χ3v) is 6.76. The zero-order chi connectivity index (χ0) is 26.1. The molecule has 1 amide bonds. The molecule has 0 aliphatic carbocycles. The maximum absolute atomic E-state index is 13.4. The number of aromatic amines is 1. The van der Waals surface area contributed by atoms with Crippen molar-refractivity contribution in [2.75, 3.05) is 13.2 Å². The van der Waals surface area contributed by atoms with Crippen LogP contribution in [0.3, 0.4) is 0 Å². The Morgan fingerprint density at radius 1 is 1.08 bits per heavy atom. The van der Waals surface area contributed by atoms with Crippen molar-refractivity contribution < 1.29 is 23.8 Å². The average molecular weight is 499 g/mol. The minimum atomic E-state index is -0.788. The van der Waals surface area contributed by atoms with Crippen LogP contribution >= 0.6 is 0 Å². The molecule has 3 aromatic carbocycles. The van der Waals surface area contributed by atoms with Crippen LogP contribution in [0, 0.1) is 12.7 Å². The van der Waals surface area contributed by atoms with Gasteiger partial charge in [0.05, 0.1) is 18.2 Å². The lowest BCUT2D eigenvalue weighted by Gasteiger charge is -2.25. The predicted octanol–water partition coefficient (Wildman–Crippen LogP) is 5.68. The molecule has 37 heavy (non-hydrogen) atoms. The fraction of sp³-hybridized carbons (Fsp3) is 0.200. The largest absolute Gasteiger partial charge is 0.507 e. The number of rotatable bonds is 7. The first kappa shape index (κ1) is 24.3. The molecular weight excluding hydrogens is 471 g/mol. The normalized spacial score (nSPS) is 17.1. The molecule has 0 bridgehead atoms. The summed E-state index contributed by atoms with van der Waals surface area (Å²) in [6.07, 6.45) is 2.21. The molecule has 0 radical (unpaired) electrons. The number of amides is 1. The highest BCUT2D eigenvalue weighted by molar-refractivity contribution is 6.46. The van der Waals surface area contributed by atoms with E-state index in [-0.39, 0.29) is 23.7 Å². The van der Waals surface area contributed by atoms with E-state index in [2.05, 4.69) is 4.98 Å². The van der Waals surface area contributed by atoms with Crippen LogP contribution in [0.2, 0.25) is 0 Å². The van der Waals surface area contributed by atoms with E-state index < -0.39 is 17.7 Å². The fourth-order valence-corrected chi connectivity index (χ4v) is 4.92. The number of Topliss-reactive ketones (excluding diaryl/α,β-unsaturated/α-hetero) is 1. The number of carbonyl (C=O) groups excluding carboxylic acids is 2. The minimum absolute atomic E-state index is 0.0393. The number of nitrogens with zero attached hydrogens (tertiary/aromatic N) is 1. The summed E-state index contributed by atoms with van der Waals surface area (Å²) >= 11 is 0. The van der Waals surface area contributed by atoms with Gasteiger partial charge < -0.3 is 19.7 Å². The summed E-state index contributed by atoms with van der Waals surface area (Å²) in [6.45, 7) is 4.48. The summed E-state index contributed by atoms with van der Waals surface area (Å²) in [4.78, 5) is 31.4. The second-order valence-electron chi connectivity index (χ2n) is 9.07. The third-order valence-electron chi connectivity index (χ3n) is 6.76. The molecule has 2 N–H and O–H groups in total. The lowest BCUT2D eigenvalue weighted by atomic mass is 9.94. The van der Waals surface area contributed by atoms with Gasteiger partial charge in [-0.25, -0.2) is 4.39 Å². The molecule has 0 spiro atoms. The molecule has 4 aromatic rings. The van der Waals surface area contributed by atoms with Gasteiger partial charge in [0.1, 0.15) is 17.3 Å². The Hall–Kier alpha value is -4.39. The van der Waals surface area contributed by atoms with E-state index in [9.17, 15) is 19.1 Å². The fourth-order valence-electron chi connectivity index (χ4n) is 4.92. The third kappa shape index (κ3) is 4.48. The number of benzene rings is 3. The average Bonchev–Trinajstić information content (AvgIpc) is 3.43. The van der Waals surface area contributed by atoms with Gasteiger partial charge in [-0.3, -0.25) is 9.59 Å². The number of halogens is 1. The molecule has 2 heterocycles. The number of ketones is 1. The van der Waals surface area contributed by atoms with Crippen molar-refractivity contribution in [2.45, 2.75) is 26.3 Å². The number of aryl methyl sites for hydroxylation is 1. The van der Waals surface area contributed by atoms with Gasteiger partial charge in [0.15, 0.2) is 0 Å². The number of aromatic nitrogens is 1. The van der Waals surface area contributed by atoms with Crippen molar-refractivity contribution in [1.82, 2.24) is 9.88 Å². The molecule has 7 heteroatoms. The Morgan fingerprint density at radius 2 is 1.84 bits per heavy atom. The first-order valence-corrected chi connectivity index (χ1v) is 12.2. The number of hydrogen-bond acceptors (Lipinski definition) is 4. The number of carbonyl (C=O) groups is 2. The summed E-state index contributed by atoms with van der Waals surface area (Å²) in [5.41, 5.74) is 3.69. The van der Waals surface area contributed by atoms with Gasteiger partial charge in [0.25, 0.3) is 11.7 Å². The summed E-state index contributed by atoms with van der Waals surface area (Å²) in [6, 6.07) is 18.1. The van der Waals surface area contributed by atoms with Gasteiger partial charge in [-0.05, 0) is 67.8 Å². The van der Waals surface area contributed by atoms with Crippen LogP contribution in [0.1, 0.15) is 35.2 Å². The van der Waals surface area contributed by atoms with E-state index in [0.717, 1.165) is 27.6 Å². The highest BCUT2D eigenvalue weighted by Gasteiger charge is 2.46. The number of aliphatic hydroxyl groups is 1. The monoisotopic (exact) mass is 498 g/mol. The Bertz CT molecular complexity index is 1520. The topological polar surface area (TPSA) is 82.6 Å². The number of para-hydroxylation sites is 1. The molecular formula is C30H27FN2O4. The maximum atomic E-state index is 13.4. The van der Waals surface area contributed by atoms with E-state index in [1.54, 1.807) is 36.5 Å². The minimum Gasteiger partial charge on any atom is -0.507 e.